The van der Waals surface area contributed by atoms with Crippen LogP contribution in [0.2, 0.25) is 0 Å². The Kier molecular flexibility index (Phi) is 13.0. The number of amides is 2. The molecule has 0 aliphatic carbocycles. The van der Waals surface area contributed by atoms with Crippen molar-refractivity contribution in [3.8, 4) is 0 Å². The number of halogens is 3. The summed E-state index contributed by atoms with van der Waals surface area (Å²) >= 11 is 6.64. The van der Waals surface area contributed by atoms with Crippen molar-refractivity contribution in [2.75, 3.05) is 6.61 Å². The van der Waals surface area contributed by atoms with Crippen LogP contribution in [-0.4, -0.2) is 41.7 Å². The van der Waals surface area contributed by atoms with E-state index in [1.807, 2.05) is 25.1 Å². The van der Waals surface area contributed by atoms with Crippen LogP contribution in [0.3, 0.4) is 0 Å². The molecule has 2 aromatic carbocycles. The Hall–Kier alpha value is -3.25. The molecule has 3 atom stereocenters. The average molecular weight is 698 g/mol. The lowest BCUT2D eigenvalue weighted by Crippen LogP contribution is -2.47. The zero-order chi connectivity index (χ0) is 30.9. The first kappa shape index (κ1) is 34.0. The third-order valence-electron chi connectivity index (χ3n) is 6.00. The number of ketones is 3. The van der Waals surface area contributed by atoms with E-state index in [2.05, 4.69) is 42.5 Å². The first-order chi connectivity index (χ1) is 19.2. The monoisotopic (exact) mass is 696 g/mol. The van der Waals surface area contributed by atoms with E-state index in [0.717, 1.165) is 15.6 Å². The van der Waals surface area contributed by atoms with Crippen LogP contribution < -0.4 is 10.6 Å². The molecule has 2 amide bonds. The number of aryl methyl sites for hydroxylation is 1. The molecule has 1 fully saturated rings. The number of nitrogens with one attached hydrogen (secondary N) is 2. The molecule has 0 saturated carbocycles. The number of benzene rings is 2. The number of carbonyl (C=O) groups is 6. The van der Waals surface area contributed by atoms with Gasteiger partial charge in [-0.05, 0) is 62.6 Å². The fourth-order valence-corrected chi connectivity index (χ4v) is 5.56. The summed E-state index contributed by atoms with van der Waals surface area (Å²) in [4.78, 5) is 69.5. The van der Waals surface area contributed by atoms with E-state index in [4.69, 9.17) is 4.74 Å². The molecule has 9 nitrogen and oxygen atoms in total. The van der Waals surface area contributed by atoms with Crippen LogP contribution in [0.5, 0.6) is 0 Å². The van der Waals surface area contributed by atoms with Gasteiger partial charge >= 0.3 is 5.97 Å². The fraction of sp³-hybridized carbons (Fsp3) is 0.379. The van der Waals surface area contributed by atoms with E-state index in [1.54, 1.807) is 6.92 Å². The topological polar surface area (TPSA) is 136 Å². The zero-order valence-electron chi connectivity index (χ0n) is 23.0. The summed E-state index contributed by atoms with van der Waals surface area (Å²) in [5.41, 5.74) is 2.48. The Balaban J connectivity index is 0.000000289. The number of hydrogen-bond donors (Lipinski definition) is 2. The van der Waals surface area contributed by atoms with E-state index >= 15 is 0 Å². The standard InChI is InChI=1S/C15H17BrFNO4.C14H14BrNO3/c1-3-22-15(21)8-13(18-14(20)6-9(2)19)11-5-4-10(17)7-12(11)16;1-7-3-4-9(10(15)5-7)11-6-12(18)13(8(2)17)14(19)16-11/h4-5,7,13H,3,6,8H2,1-2H3,(H,18,20);3-5,11,13H,6H2,1-2H3,(H,16,19)/t13-;11-,13?/m11/s1. The van der Waals surface area contributed by atoms with Crippen molar-refractivity contribution in [3.63, 3.8) is 0 Å². The van der Waals surface area contributed by atoms with Gasteiger partial charge in [0, 0.05) is 15.4 Å². The second-order valence-electron chi connectivity index (χ2n) is 9.47. The van der Waals surface area contributed by atoms with Gasteiger partial charge in [0.15, 0.2) is 11.7 Å². The summed E-state index contributed by atoms with van der Waals surface area (Å²) in [5.74, 6) is -4.07. The normalized spacial score (nSPS) is 17.0. The lowest BCUT2D eigenvalue weighted by molar-refractivity contribution is -0.145. The summed E-state index contributed by atoms with van der Waals surface area (Å²) in [6, 6.07) is 8.60. The van der Waals surface area contributed by atoms with E-state index in [-0.39, 0.29) is 43.5 Å². The van der Waals surface area contributed by atoms with Crippen LogP contribution >= 0.6 is 31.9 Å². The van der Waals surface area contributed by atoms with Crippen LogP contribution in [-0.2, 0) is 33.5 Å². The number of ether oxygens (including phenoxy) is 1. The minimum Gasteiger partial charge on any atom is -0.466 e. The first-order valence-electron chi connectivity index (χ1n) is 12.7. The van der Waals surface area contributed by atoms with E-state index in [9.17, 15) is 33.2 Å². The molecule has 220 valence electrons. The average Bonchev–Trinajstić information content (AvgIpc) is 2.83. The molecule has 1 unspecified atom stereocenters. The number of rotatable bonds is 9. The van der Waals surface area contributed by atoms with Gasteiger partial charge < -0.3 is 15.4 Å². The molecule has 2 N–H and O–H groups in total. The Bertz CT molecular complexity index is 1330. The third-order valence-corrected chi connectivity index (χ3v) is 7.38. The summed E-state index contributed by atoms with van der Waals surface area (Å²) in [7, 11) is 0. The predicted molar refractivity (Wildman–Crippen MR) is 155 cm³/mol. The molecule has 2 aromatic rings. The highest BCUT2D eigenvalue weighted by Crippen LogP contribution is 2.31. The van der Waals surface area contributed by atoms with Gasteiger partial charge in [0.1, 0.15) is 17.4 Å². The Morgan fingerprint density at radius 1 is 1.07 bits per heavy atom. The summed E-state index contributed by atoms with van der Waals surface area (Å²) in [6.45, 7) is 6.43. The van der Waals surface area contributed by atoms with Crippen LogP contribution in [0.25, 0.3) is 0 Å². The first-order valence-corrected chi connectivity index (χ1v) is 14.3. The van der Waals surface area contributed by atoms with Crippen molar-refractivity contribution < 1.29 is 37.9 Å². The lowest BCUT2D eigenvalue weighted by atomic mass is 9.87. The molecule has 1 aliphatic heterocycles. The maximum Gasteiger partial charge on any atom is 0.308 e. The molecule has 41 heavy (non-hydrogen) atoms. The number of hydrogen-bond acceptors (Lipinski definition) is 7. The maximum absolute atomic E-state index is 13.2. The van der Waals surface area contributed by atoms with Gasteiger partial charge in [0.05, 0.1) is 31.5 Å². The highest BCUT2D eigenvalue weighted by Gasteiger charge is 2.39. The van der Waals surface area contributed by atoms with E-state index in [1.165, 1.54) is 32.0 Å². The van der Waals surface area contributed by atoms with Gasteiger partial charge in [-0.1, -0.05) is 50.1 Å². The van der Waals surface area contributed by atoms with Crippen LogP contribution in [0.15, 0.2) is 45.3 Å². The van der Waals surface area contributed by atoms with Crippen molar-refractivity contribution >= 4 is 67.0 Å². The van der Waals surface area contributed by atoms with Crippen LogP contribution in [0, 0.1) is 18.7 Å². The predicted octanol–water partition coefficient (Wildman–Crippen LogP) is 4.77. The van der Waals surface area contributed by atoms with E-state index in [0.29, 0.717) is 10.0 Å². The molecule has 12 heteroatoms. The Labute approximate surface area is 254 Å². The smallest absolute Gasteiger partial charge is 0.308 e. The van der Waals surface area contributed by atoms with Crippen molar-refractivity contribution in [1.29, 1.82) is 0 Å². The molecule has 1 saturated heterocycles. The quantitative estimate of drug-likeness (QED) is 0.285. The number of Topliss-reactive ketones (excluding diaryl/α,β-unsaturated/α-hetero) is 3. The number of piperidine rings is 1. The molecule has 3 rings (SSSR count). The third kappa shape index (κ3) is 10.3. The van der Waals surface area contributed by atoms with Gasteiger partial charge in [-0.15, -0.1) is 0 Å². The zero-order valence-corrected chi connectivity index (χ0v) is 26.2. The second kappa shape index (κ2) is 15.7. The van der Waals surface area contributed by atoms with Crippen LogP contribution in [0.1, 0.15) is 68.8 Å². The van der Waals surface area contributed by atoms with Gasteiger partial charge in [-0.2, -0.15) is 0 Å². The summed E-state index contributed by atoms with van der Waals surface area (Å²) in [6.07, 6.45) is -0.239. The van der Waals surface area contributed by atoms with Gasteiger partial charge in [-0.3, -0.25) is 28.8 Å². The molecule has 1 heterocycles. The molecular formula is C29H31Br2FN2O7. The SMILES string of the molecule is CC(=O)C1C(=O)C[C@H](c2ccc(C)cc2Br)NC1=O.CCOC(=O)C[C@@H](NC(=O)CC(C)=O)c1ccc(F)cc1Br. The van der Waals surface area contributed by atoms with Crippen molar-refractivity contribution in [2.24, 2.45) is 5.92 Å². The van der Waals surface area contributed by atoms with Gasteiger partial charge in [0.25, 0.3) is 0 Å². The molecular weight excluding hydrogens is 667 g/mol. The summed E-state index contributed by atoms with van der Waals surface area (Å²) < 4.78 is 19.3. The Morgan fingerprint density at radius 2 is 1.76 bits per heavy atom. The number of carbonyl (C=O) groups excluding carboxylic acids is 6. The minimum atomic E-state index is -1.14. The number of esters is 1. The van der Waals surface area contributed by atoms with Crippen LogP contribution in [0.4, 0.5) is 4.39 Å². The van der Waals surface area contributed by atoms with Gasteiger partial charge in [0.2, 0.25) is 11.8 Å². The largest absolute Gasteiger partial charge is 0.466 e. The minimum absolute atomic E-state index is 0.109. The van der Waals surface area contributed by atoms with Crippen molar-refractivity contribution in [2.45, 2.75) is 59.0 Å². The fourth-order valence-electron chi connectivity index (χ4n) is 4.17. The highest BCUT2D eigenvalue weighted by atomic mass is 79.9. The van der Waals surface area contributed by atoms with E-state index < -0.39 is 41.3 Å². The molecule has 0 aromatic heterocycles. The molecule has 0 radical (unpaired) electrons. The van der Waals surface area contributed by atoms with Crippen molar-refractivity contribution in [1.82, 2.24) is 10.6 Å². The lowest BCUT2D eigenvalue weighted by Gasteiger charge is -2.28. The summed E-state index contributed by atoms with van der Waals surface area (Å²) in [5, 5.41) is 5.35. The maximum atomic E-state index is 13.2. The highest BCUT2D eigenvalue weighted by molar-refractivity contribution is 9.10. The Morgan fingerprint density at radius 3 is 2.29 bits per heavy atom. The second-order valence-corrected chi connectivity index (χ2v) is 11.2. The molecule has 0 bridgehead atoms. The molecule has 1 aliphatic rings. The van der Waals surface area contributed by atoms with Gasteiger partial charge in [-0.25, -0.2) is 4.39 Å². The molecule has 0 spiro atoms. The van der Waals surface area contributed by atoms with Crippen molar-refractivity contribution in [3.05, 3.63) is 67.9 Å².